The topological polar surface area (TPSA) is 85.3 Å². The molecule has 64 heavy (non-hydrogen) atoms. The van der Waals surface area contributed by atoms with Crippen molar-refractivity contribution < 1.29 is 24.0 Å². The van der Waals surface area contributed by atoms with E-state index in [-0.39, 0.29) is 37.1 Å². The molecule has 16 rings (SSSR count). The van der Waals surface area contributed by atoms with Gasteiger partial charge in [0.2, 0.25) is 0 Å². The van der Waals surface area contributed by atoms with Crippen molar-refractivity contribution in [3.05, 3.63) is 0 Å². The summed E-state index contributed by atoms with van der Waals surface area (Å²) in [4.78, 5) is 57.1. The fraction of sp³-hybridized carbons (Fsp3) is 0.915. The zero-order chi connectivity index (χ0) is 39.7. The Bertz CT molecular complexity index is 1710. The van der Waals surface area contributed by atoms with Crippen LogP contribution in [0.15, 0.2) is 0 Å². The summed E-state index contributed by atoms with van der Waals surface area (Å²) in [6.07, 6.45) is 35.1. The highest BCUT2D eigenvalue weighted by Gasteiger charge is 2.62. The second kappa shape index (κ2) is 19.8. The first kappa shape index (κ1) is 50.2. The molecule has 0 heterocycles. The van der Waals surface area contributed by atoms with E-state index in [9.17, 15) is 24.0 Å². The summed E-state index contributed by atoms with van der Waals surface area (Å²) in [6.45, 7) is 0. The van der Waals surface area contributed by atoms with E-state index in [4.69, 9.17) is 0 Å². The van der Waals surface area contributed by atoms with Crippen LogP contribution in [0, 0.1) is 130 Å². The molecule has 16 aliphatic carbocycles. The average Bonchev–Trinajstić information content (AvgIpc) is 4.07. The molecule has 0 saturated heterocycles. The summed E-state index contributed by atoms with van der Waals surface area (Å²) in [5.41, 5.74) is 0. The first-order valence-corrected chi connectivity index (χ1v) is 26.4. The van der Waals surface area contributed by atoms with Crippen molar-refractivity contribution in [1.29, 1.82) is 0 Å². The largest absolute Gasteiger partial charge is 0.299 e. The van der Waals surface area contributed by atoms with Gasteiger partial charge in [-0.1, -0.05) is 75.7 Å². The molecule has 362 valence electrons. The number of carbonyl (C=O) groups is 5. The molecule has 0 radical (unpaired) electrons. The third-order valence-electron chi connectivity index (χ3n) is 22.7. The van der Waals surface area contributed by atoms with Gasteiger partial charge < -0.3 is 0 Å². The number of fused-ring (bicyclic) bond motifs is 27. The van der Waals surface area contributed by atoms with Crippen LogP contribution >= 0.6 is 0 Å². The van der Waals surface area contributed by atoms with Gasteiger partial charge in [-0.25, -0.2) is 0 Å². The highest BCUT2D eigenvalue weighted by Crippen LogP contribution is 2.67. The molecule has 0 aromatic carbocycles. The zero-order valence-electron chi connectivity index (χ0n) is 36.3. The lowest BCUT2D eigenvalue weighted by Crippen LogP contribution is -2.36. The molecule has 22 unspecified atom stereocenters. The van der Waals surface area contributed by atoms with Crippen LogP contribution in [0.2, 0.25) is 0 Å². The van der Waals surface area contributed by atoms with E-state index in [1.54, 1.807) is 0 Å². The van der Waals surface area contributed by atoms with Crippen LogP contribution in [-0.4, -0.2) is 28.9 Å². The summed E-state index contributed by atoms with van der Waals surface area (Å²) in [5.74, 6) is 21.0. The normalized spacial score (nSPS) is 50.2. The Morgan fingerprint density at radius 2 is 0.719 bits per heavy atom. The third kappa shape index (κ3) is 8.37. The Kier molecular flexibility index (Phi) is 15.5. The maximum atomic E-state index is 11.8. The Balaban J connectivity index is 0.000000119. The average molecular weight is 885 g/mol. The Morgan fingerprint density at radius 3 is 1.27 bits per heavy atom. The predicted octanol–water partition coefficient (Wildman–Crippen LogP) is 14.3. The van der Waals surface area contributed by atoms with E-state index >= 15 is 0 Å². The second-order valence-corrected chi connectivity index (χ2v) is 24.7. The molecule has 16 fully saturated rings. The van der Waals surface area contributed by atoms with Crippen molar-refractivity contribution in [3.63, 3.8) is 0 Å². The number of Topliss-reactive ketones (excluding diaryl/α,β-unsaturated/α-hetero) is 5. The van der Waals surface area contributed by atoms with Crippen molar-refractivity contribution in [3.8, 4) is 0 Å². The molecule has 0 aliphatic heterocycles. The van der Waals surface area contributed by atoms with Gasteiger partial charge in [-0.05, 0) is 203 Å². The minimum Gasteiger partial charge on any atom is -0.299 e. The SMILES string of the molecule is C.C.C.C.C.O=C1CC2CC1C1C3CCC(C3)C21.O=C1CC2CC1C1CC3CCCC3CC21.O=C1CC2CC1C1CCCC21.O=C1CC2CC1C1CCCCC21.O=C1CC2CCC1C2. The van der Waals surface area contributed by atoms with Crippen LogP contribution in [0.25, 0.3) is 0 Å². The Morgan fingerprint density at radius 1 is 0.266 bits per heavy atom. The maximum Gasteiger partial charge on any atom is 0.136 e. The Labute approximate surface area is 392 Å². The summed E-state index contributed by atoms with van der Waals surface area (Å²) in [6, 6.07) is 0. The molecule has 0 aromatic rings. The van der Waals surface area contributed by atoms with E-state index in [2.05, 4.69) is 0 Å². The van der Waals surface area contributed by atoms with Crippen molar-refractivity contribution in [1.82, 2.24) is 0 Å². The lowest BCUT2D eigenvalue weighted by Gasteiger charge is -2.40. The number of rotatable bonds is 0. The molecule has 0 aromatic heterocycles. The van der Waals surface area contributed by atoms with Crippen molar-refractivity contribution in [2.45, 2.75) is 210 Å². The lowest BCUT2D eigenvalue weighted by atomic mass is 9.64. The molecule has 22 atom stereocenters. The summed E-state index contributed by atoms with van der Waals surface area (Å²) in [5, 5.41) is 0. The molecular formula is C59H96O5. The van der Waals surface area contributed by atoms with E-state index in [0.717, 1.165) is 133 Å². The quantitative estimate of drug-likeness (QED) is 0.226. The van der Waals surface area contributed by atoms with Gasteiger partial charge in [0.25, 0.3) is 0 Å². The van der Waals surface area contributed by atoms with Crippen LogP contribution in [-0.2, 0) is 24.0 Å². The fourth-order valence-electron chi connectivity index (χ4n) is 20.5. The van der Waals surface area contributed by atoms with Crippen molar-refractivity contribution in [2.75, 3.05) is 0 Å². The van der Waals surface area contributed by atoms with Crippen LogP contribution < -0.4 is 0 Å². The van der Waals surface area contributed by atoms with E-state index in [1.165, 1.54) is 141 Å². The van der Waals surface area contributed by atoms with Gasteiger partial charge >= 0.3 is 0 Å². The number of hydrogen-bond acceptors (Lipinski definition) is 5. The monoisotopic (exact) mass is 885 g/mol. The van der Waals surface area contributed by atoms with Crippen LogP contribution in [0.3, 0.4) is 0 Å². The molecule has 5 nitrogen and oxygen atoms in total. The standard InChI is InChI=1S/C14H20O.C12H16O.C11H16O.C10H14O.C7H10O.5CH4/c15-14-7-10-6-13(14)12-5-9-3-1-2-8(9)4-11(10)12;13-10-5-8-4-9(10)12-7-2-1-6(3-7)11(8)12;12-11-6-7-5-10(11)9-4-2-1-3-8(7)9;11-10-5-6-4-9(10)8-3-1-2-7(6)8;8-7-4-5-1-2-6(7)3-5;;;;;/h8-13H,1-7H2;6-9,11-12H,1-5H2;7-10H,1-6H2;6-9H,1-5H2;5-6H,1-4H2;5*1H4. The summed E-state index contributed by atoms with van der Waals surface area (Å²) < 4.78 is 0. The Hall–Kier alpha value is -1.65. The van der Waals surface area contributed by atoms with Gasteiger partial charge in [0.1, 0.15) is 28.9 Å². The number of carbonyl (C=O) groups excluding carboxylic acids is 5. The number of ketones is 5. The molecule has 0 spiro atoms. The van der Waals surface area contributed by atoms with Gasteiger partial charge in [0.15, 0.2) is 0 Å². The van der Waals surface area contributed by atoms with Crippen LogP contribution in [0.5, 0.6) is 0 Å². The van der Waals surface area contributed by atoms with Crippen molar-refractivity contribution in [2.24, 2.45) is 130 Å². The molecular weight excluding hydrogens is 789 g/mol. The second-order valence-electron chi connectivity index (χ2n) is 24.7. The minimum atomic E-state index is 0. The molecule has 5 heteroatoms. The molecule has 0 amide bonds. The van der Waals surface area contributed by atoms with Gasteiger partial charge in [-0.2, -0.15) is 0 Å². The van der Waals surface area contributed by atoms with E-state index in [1.807, 2.05) is 0 Å². The van der Waals surface area contributed by atoms with Gasteiger partial charge in [0, 0.05) is 61.7 Å². The summed E-state index contributed by atoms with van der Waals surface area (Å²) in [7, 11) is 0. The van der Waals surface area contributed by atoms with Gasteiger partial charge in [-0.15, -0.1) is 0 Å². The smallest absolute Gasteiger partial charge is 0.136 e. The van der Waals surface area contributed by atoms with Crippen LogP contribution in [0.1, 0.15) is 210 Å². The van der Waals surface area contributed by atoms with E-state index in [0.29, 0.717) is 58.5 Å². The highest BCUT2D eigenvalue weighted by molar-refractivity contribution is 5.86. The highest BCUT2D eigenvalue weighted by atomic mass is 16.1. The third-order valence-corrected chi connectivity index (χ3v) is 22.7. The molecule has 16 saturated carbocycles. The fourth-order valence-corrected chi connectivity index (χ4v) is 20.5. The first-order valence-electron chi connectivity index (χ1n) is 26.4. The molecule has 12 bridgehead atoms. The predicted molar refractivity (Wildman–Crippen MR) is 260 cm³/mol. The molecule has 0 N–H and O–H groups in total. The first-order chi connectivity index (χ1) is 28.8. The lowest BCUT2D eigenvalue weighted by molar-refractivity contribution is -0.126. The van der Waals surface area contributed by atoms with Crippen LogP contribution in [0.4, 0.5) is 0 Å². The number of hydrogen-bond donors (Lipinski definition) is 0. The molecule has 16 aliphatic rings. The van der Waals surface area contributed by atoms with Crippen molar-refractivity contribution >= 4 is 28.9 Å². The van der Waals surface area contributed by atoms with E-state index < -0.39 is 0 Å². The van der Waals surface area contributed by atoms with Gasteiger partial charge in [-0.3, -0.25) is 24.0 Å². The van der Waals surface area contributed by atoms with Gasteiger partial charge in [0.05, 0.1) is 0 Å². The minimum absolute atomic E-state index is 0. The maximum absolute atomic E-state index is 11.8. The zero-order valence-corrected chi connectivity index (χ0v) is 36.3. The summed E-state index contributed by atoms with van der Waals surface area (Å²) >= 11 is 0.